The van der Waals surface area contributed by atoms with Gasteiger partial charge in [0.2, 0.25) is 0 Å². The lowest BCUT2D eigenvalue weighted by Gasteiger charge is -2.10. The van der Waals surface area contributed by atoms with Gasteiger partial charge in [-0.15, -0.1) is 0 Å². The van der Waals surface area contributed by atoms with E-state index in [-0.39, 0.29) is 22.3 Å². The fourth-order valence-electron chi connectivity index (χ4n) is 1.16. The van der Waals surface area contributed by atoms with Gasteiger partial charge in [0.05, 0.1) is 18.4 Å². The Morgan fingerprint density at radius 3 is 2.73 bits per heavy atom. The molecule has 0 aliphatic carbocycles. The normalized spacial score (nSPS) is 10.5. The third-order valence-corrected chi connectivity index (χ3v) is 2.30. The number of carbonyl (C=O) groups excluding carboxylic acids is 1. The van der Waals surface area contributed by atoms with Crippen LogP contribution in [0.1, 0.15) is 28.2 Å². The summed E-state index contributed by atoms with van der Waals surface area (Å²) < 4.78 is 29.7. The maximum absolute atomic E-state index is 12.4. The summed E-state index contributed by atoms with van der Waals surface area (Å²) in [5.41, 5.74) is -0.0537. The van der Waals surface area contributed by atoms with E-state index in [2.05, 4.69) is 20.9 Å². The minimum Gasteiger partial charge on any atom is -0.494 e. The fraction of sp³-hybridized carbons (Fsp3) is 0.333. The molecule has 0 fully saturated rings. The van der Waals surface area contributed by atoms with Crippen LogP contribution in [0.5, 0.6) is 5.75 Å². The molecule has 3 nitrogen and oxygen atoms in total. The number of halogens is 3. The molecule has 0 spiro atoms. The summed E-state index contributed by atoms with van der Waals surface area (Å²) in [5.74, 6) is 0.228. The number of hydrogen-bond acceptors (Lipinski definition) is 3. The lowest BCUT2D eigenvalue weighted by molar-refractivity contribution is 0.111. The summed E-state index contributed by atoms with van der Waals surface area (Å²) in [6.07, 6.45) is -2.23. The van der Waals surface area contributed by atoms with E-state index in [1.165, 1.54) is 7.11 Å². The molecule has 0 unspecified atom stereocenters. The van der Waals surface area contributed by atoms with Gasteiger partial charge in [-0.25, -0.2) is 13.8 Å². The first kappa shape index (κ1) is 12.0. The predicted molar refractivity (Wildman–Crippen MR) is 53.8 cm³/mol. The van der Waals surface area contributed by atoms with E-state index in [1.54, 1.807) is 0 Å². The molecule has 1 heterocycles. The van der Waals surface area contributed by atoms with Crippen LogP contribution in [-0.4, -0.2) is 18.4 Å². The summed E-state index contributed by atoms with van der Waals surface area (Å²) in [6.45, 7) is 0. The van der Waals surface area contributed by atoms with Crippen molar-refractivity contribution < 1.29 is 18.3 Å². The van der Waals surface area contributed by atoms with E-state index >= 15 is 0 Å². The first-order valence-electron chi connectivity index (χ1n) is 4.01. The van der Waals surface area contributed by atoms with Crippen molar-refractivity contribution in [1.82, 2.24) is 4.98 Å². The van der Waals surface area contributed by atoms with Gasteiger partial charge in [0, 0.05) is 5.33 Å². The third kappa shape index (κ3) is 2.50. The summed E-state index contributed by atoms with van der Waals surface area (Å²) >= 11 is 3.09. The Kier molecular flexibility index (Phi) is 4.14. The number of ether oxygens (including phenoxy) is 1. The monoisotopic (exact) mass is 279 g/mol. The van der Waals surface area contributed by atoms with Crippen LogP contribution in [0.2, 0.25) is 0 Å². The number of alkyl halides is 3. The number of aldehydes is 1. The Morgan fingerprint density at radius 2 is 2.33 bits per heavy atom. The van der Waals surface area contributed by atoms with Gasteiger partial charge in [-0.2, -0.15) is 0 Å². The summed E-state index contributed by atoms with van der Waals surface area (Å²) in [5, 5.41) is 0.248. The maximum Gasteiger partial charge on any atom is 0.280 e. The molecule has 0 N–H and O–H groups in total. The molecule has 82 valence electrons. The van der Waals surface area contributed by atoms with Gasteiger partial charge in [0.1, 0.15) is 5.69 Å². The fourth-order valence-corrected chi connectivity index (χ4v) is 1.54. The highest BCUT2D eigenvalue weighted by Crippen LogP contribution is 2.27. The molecule has 6 heteroatoms. The molecule has 1 rings (SSSR count). The van der Waals surface area contributed by atoms with Crippen LogP contribution in [-0.2, 0) is 5.33 Å². The molecule has 0 aliphatic rings. The van der Waals surface area contributed by atoms with Crippen LogP contribution in [0.15, 0.2) is 6.07 Å². The van der Waals surface area contributed by atoms with Crippen LogP contribution >= 0.6 is 15.9 Å². The van der Waals surface area contributed by atoms with Gasteiger partial charge in [0.25, 0.3) is 6.43 Å². The molecule has 0 aromatic carbocycles. The third-order valence-electron chi connectivity index (χ3n) is 1.77. The number of pyridine rings is 1. The summed E-state index contributed by atoms with van der Waals surface area (Å²) in [6, 6.07) is 1.03. The van der Waals surface area contributed by atoms with E-state index in [9.17, 15) is 13.6 Å². The smallest absolute Gasteiger partial charge is 0.280 e. The van der Waals surface area contributed by atoms with Gasteiger partial charge in [-0.3, -0.25) is 4.79 Å². The summed E-state index contributed by atoms with van der Waals surface area (Å²) in [4.78, 5) is 14.4. The van der Waals surface area contributed by atoms with Gasteiger partial charge in [0.15, 0.2) is 12.0 Å². The molecule has 0 atom stereocenters. The molecule has 0 aliphatic heterocycles. The predicted octanol–water partition coefficient (Wildman–Crippen LogP) is 2.74. The minimum atomic E-state index is -2.70. The van der Waals surface area contributed by atoms with E-state index < -0.39 is 12.1 Å². The number of hydrogen-bond donors (Lipinski definition) is 0. The number of nitrogens with zero attached hydrogens (tertiary/aromatic N) is 1. The van der Waals surface area contributed by atoms with Crippen molar-refractivity contribution >= 4 is 22.2 Å². The second-order valence-corrected chi connectivity index (χ2v) is 3.23. The summed E-state index contributed by atoms with van der Waals surface area (Å²) in [7, 11) is 1.36. The first-order chi connectivity index (χ1) is 7.13. The number of carbonyl (C=O) groups is 1. The Morgan fingerprint density at radius 1 is 1.67 bits per heavy atom. The van der Waals surface area contributed by atoms with Crippen LogP contribution in [0.3, 0.4) is 0 Å². The molecule has 1 aromatic rings. The number of methoxy groups -OCH3 is 1. The highest BCUT2D eigenvalue weighted by Gasteiger charge is 2.17. The van der Waals surface area contributed by atoms with Crippen LogP contribution in [0.4, 0.5) is 8.78 Å². The Balaban J connectivity index is 3.35. The number of rotatable bonds is 4. The number of aromatic nitrogens is 1. The molecule has 0 radical (unpaired) electrons. The zero-order chi connectivity index (χ0) is 11.4. The molecule has 0 amide bonds. The second-order valence-electron chi connectivity index (χ2n) is 2.67. The Bertz CT molecular complexity index is 371. The van der Waals surface area contributed by atoms with Crippen LogP contribution in [0, 0.1) is 0 Å². The van der Waals surface area contributed by atoms with Crippen molar-refractivity contribution in [3.63, 3.8) is 0 Å². The van der Waals surface area contributed by atoms with Crippen molar-refractivity contribution in [1.29, 1.82) is 0 Å². The zero-order valence-corrected chi connectivity index (χ0v) is 9.42. The van der Waals surface area contributed by atoms with Gasteiger partial charge < -0.3 is 4.74 Å². The molecule has 0 bridgehead atoms. The van der Waals surface area contributed by atoms with Crippen molar-refractivity contribution in [2.45, 2.75) is 11.8 Å². The largest absolute Gasteiger partial charge is 0.494 e. The van der Waals surface area contributed by atoms with Gasteiger partial charge >= 0.3 is 0 Å². The quantitative estimate of drug-likeness (QED) is 0.628. The zero-order valence-electron chi connectivity index (χ0n) is 7.84. The van der Waals surface area contributed by atoms with E-state index in [0.29, 0.717) is 6.29 Å². The SMILES string of the molecule is COc1c(C=O)cc(C(F)F)nc1CBr. The van der Waals surface area contributed by atoms with Crippen LogP contribution < -0.4 is 4.74 Å². The molecule has 0 saturated heterocycles. The first-order valence-corrected chi connectivity index (χ1v) is 5.13. The average molecular weight is 280 g/mol. The highest BCUT2D eigenvalue weighted by molar-refractivity contribution is 9.08. The van der Waals surface area contributed by atoms with Gasteiger partial charge in [-0.1, -0.05) is 15.9 Å². The Labute approximate surface area is 93.6 Å². The maximum atomic E-state index is 12.4. The van der Waals surface area contributed by atoms with E-state index in [0.717, 1.165) is 6.07 Å². The lowest BCUT2D eigenvalue weighted by atomic mass is 10.2. The topological polar surface area (TPSA) is 39.2 Å². The lowest BCUT2D eigenvalue weighted by Crippen LogP contribution is -2.02. The second kappa shape index (κ2) is 5.16. The van der Waals surface area contributed by atoms with Crippen LogP contribution in [0.25, 0.3) is 0 Å². The Hall–Kier alpha value is -1.04. The van der Waals surface area contributed by atoms with Gasteiger partial charge in [-0.05, 0) is 6.07 Å². The highest BCUT2D eigenvalue weighted by atomic mass is 79.9. The molecule has 1 aromatic heterocycles. The average Bonchev–Trinajstić information content (AvgIpc) is 2.26. The van der Waals surface area contributed by atoms with Crippen molar-refractivity contribution in [3.8, 4) is 5.75 Å². The van der Waals surface area contributed by atoms with E-state index in [1.807, 2.05) is 0 Å². The van der Waals surface area contributed by atoms with E-state index in [4.69, 9.17) is 4.74 Å². The van der Waals surface area contributed by atoms with Crippen molar-refractivity contribution in [2.24, 2.45) is 0 Å². The molecule has 0 saturated carbocycles. The van der Waals surface area contributed by atoms with Crippen molar-refractivity contribution in [2.75, 3.05) is 7.11 Å². The van der Waals surface area contributed by atoms with Crippen molar-refractivity contribution in [3.05, 3.63) is 23.0 Å². The minimum absolute atomic E-state index is 0.0808. The standard InChI is InChI=1S/C9H8BrF2NO2/c1-15-8-5(4-14)2-6(9(11)12)13-7(8)3-10/h2,4,9H,3H2,1H3. The molecule has 15 heavy (non-hydrogen) atoms. The molecular weight excluding hydrogens is 272 g/mol. The molecular formula is C9H8BrF2NO2.